The summed E-state index contributed by atoms with van der Waals surface area (Å²) in [6.45, 7) is 3.19. The minimum absolute atomic E-state index is 0.0109. The SMILES string of the molecule is CC[NH+](CC(=O)N[C@H]1CCS(=O)(=O)C1)Cn1nc2c(Cl)cc(Cl)cn2c1=S. The Balaban J connectivity index is 1.69. The number of quaternary nitrogens is 1. The number of likely N-dealkylation sites (N-methyl/N-ethyl adjacent to an activating group) is 1. The summed E-state index contributed by atoms with van der Waals surface area (Å²) in [6.07, 6.45) is 2.11. The average Bonchev–Trinajstić information content (AvgIpc) is 3.07. The monoisotopic (exact) mass is 452 g/mol. The maximum Gasteiger partial charge on any atom is 0.275 e. The minimum atomic E-state index is -3.03. The van der Waals surface area contributed by atoms with Crippen LogP contribution in [0.1, 0.15) is 13.3 Å². The number of halogens is 2. The first-order valence-electron chi connectivity index (χ1n) is 8.46. The summed E-state index contributed by atoms with van der Waals surface area (Å²) in [5.74, 6) is -0.0517. The van der Waals surface area contributed by atoms with Gasteiger partial charge in [-0.1, -0.05) is 23.2 Å². The standard InChI is InChI=1S/C15H19Cl2N5O3S2/c1-2-20(7-13(23)18-11-3-4-27(24,25)8-11)9-22-15(26)21-6-10(16)5-12(17)14(21)19-22/h5-6,11H,2-4,7-9H2,1H3,(H,18,23)/p+1/t11-/m0/s1. The maximum atomic E-state index is 12.3. The van der Waals surface area contributed by atoms with E-state index in [0.29, 0.717) is 40.1 Å². The molecule has 2 aromatic rings. The van der Waals surface area contributed by atoms with Gasteiger partial charge in [-0.3, -0.25) is 9.20 Å². The van der Waals surface area contributed by atoms with E-state index in [4.69, 9.17) is 35.4 Å². The number of aromatic nitrogens is 3. The Morgan fingerprint density at radius 1 is 1.48 bits per heavy atom. The molecule has 0 aromatic carbocycles. The van der Waals surface area contributed by atoms with Crippen LogP contribution in [0.2, 0.25) is 10.0 Å². The van der Waals surface area contributed by atoms with Crippen LogP contribution in [0.3, 0.4) is 0 Å². The van der Waals surface area contributed by atoms with Crippen LogP contribution in [0.4, 0.5) is 0 Å². The molecule has 0 aliphatic carbocycles. The fraction of sp³-hybridized carbons (Fsp3) is 0.533. The molecule has 1 amide bonds. The first-order valence-corrected chi connectivity index (χ1v) is 11.4. The predicted octanol–water partition coefficient (Wildman–Crippen LogP) is 0.338. The Bertz CT molecular complexity index is 1030. The molecule has 3 rings (SSSR count). The topological polar surface area (TPSA) is 89.9 Å². The Morgan fingerprint density at radius 3 is 2.85 bits per heavy atom. The quantitative estimate of drug-likeness (QED) is 0.616. The Labute approximate surface area is 172 Å². The highest BCUT2D eigenvalue weighted by Crippen LogP contribution is 2.21. The molecule has 1 fully saturated rings. The second-order valence-electron chi connectivity index (χ2n) is 6.59. The molecule has 2 N–H and O–H groups in total. The highest BCUT2D eigenvalue weighted by atomic mass is 35.5. The van der Waals surface area contributed by atoms with Crippen molar-refractivity contribution in [3.8, 4) is 0 Å². The van der Waals surface area contributed by atoms with Gasteiger partial charge in [0, 0.05) is 12.2 Å². The van der Waals surface area contributed by atoms with Crippen LogP contribution in [0.5, 0.6) is 0 Å². The third kappa shape index (κ3) is 4.80. The molecule has 1 saturated heterocycles. The number of nitrogens with one attached hydrogen (secondary N) is 2. The lowest BCUT2D eigenvalue weighted by molar-refractivity contribution is -0.914. The maximum absolute atomic E-state index is 12.3. The van der Waals surface area contributed by atoms with Gasteiger partial charge < -0.3 is 10.2 Å². The van der Waals surface area contributed by atoms with Crippen molar-refractivity contribution in [1.82, 2.24) is 19.5 Å². The number of sulfone groups is 1. The number of fused-ring (bicyclic) bond motifs is 1. The molecule has 2 atom stereocenters. The first kappa shape index (κ1) is 20.5. The average molecular weight is 453 g/mol. The van der Waals surface area contributed by atoms with E-state index in [1.165, 1.54) is 0 Å². The highest BCUT2D eigenvalue weighted by molar-refractivity contribution is 7.91. The van der Waals surface area contributed by atoms with E-state index in [1.54, 1.807) is 21.3 Å². The van der Waals surface area contributed by atoms with E-state index >= 15 is 0 Å². The van der Waals surface area contributed by atoms with E-state index < -0.39 is 9.84 Å². The van der Waals surface area contributed by atoms with Gasteiger partial charge in [0.05, 0.1) is 28.1 Å². The van der Waals surface area contributed by atoms with Gasteiger partial charge in [-0.05, 0) is 31.6 Å². The van der Waals surface area contributed by atoms with Crippen molar-refractivity contribution >= 4 is 56.8 Å². The van der Waals surface area contributed by atoms with Crippen LogP contribution >= 0.6 is 35.4 Å². The number of hydrogen-bond donors (Lipinski definition) is 2. The lowest BCUT2D eigenvalue weighted by atomic mass is 10.2. The Hall–Kier alpha value is -1.20. The summed E-state index contributed by atoms with van der Waals surface area (Å²) in [5.41, 5.74) is 0.502. The van der Waals surface area contributed by atoms with Crippen molar-refractivity contribution < 1.29 is 18.1 Å². The molecule has 0 spiro atoms. The van der Waals surface area contributed by atoms with E-state index in [0.717, 1.165) is 4.90 Å². The van der Waals surface area contributed by atoms with Gasteiger partial charge in [0.15, 0.2) is 28.7 Å². The molecule has 1 aliphatic rings. The molecule has 8 nitrogen and oxygen atoms in total. The number of hydrogen-bond acceptors (Lipinski definition) is 5. The van der Waals surface area contributed by atoms with E-state index in [9.17, 15) is 13.2 Å². The summed E-state index contributed by atoms with van der Waals surface area (Å²) in [4.78, 5) is 13.2. The normalized spacial score (nSPS) is 20.0. The van der Waals surface area contributed by atoms with Gasteiger partial charge >= 0.3 is 0 Å². The second kappa shape index (κ2) is 8.04. The van der Waals surface area contributed by atoms with Crippen molar-refractivity contribution in [3.05, 3.63) is 27.1 Å². The second-order valence-corrected chi connectivity index (χ2v) is 10.0. The number of rotatable bonds is 6. The fourth-order valence-corrected chi connectivity index (χ4v) is 5.49. The highest BCUT2D eigenvalue weighted by Gasteiger charge is 2.29. The van der Waals surface area contributed by atoms with E-state index in [1.807, 2.05) is 6.92 Å². The van der Waals surface area contributed by atoms with E-state index in [2.05, 4.69) is 10.4 Å². The Morgan fingerprint density at radius 2 is 2.22 bits per heavy atom. The van der Waals surface area contributed by atoms with Crippen molar-refractivity contribution in [3.63, 3.8) is 0 Å². The molecule has 27 heavy (non-hydrogen) atoms. The minimum Gasteiger partial charge on any atom is -0.347 e. The van der Waals surface area contributed by atoms with Gasteiger partial charge in [-0.2, -0.15) is 4.68 Å². The zero-order chi connectivity index (χ0) is 19.8. The van der Waals surface area contributed by atoms with Crippen LogP contribution in [0.25, 0.3) is 5.65 Å². The number of nitrogens with zero attached hydrogens (tertiary/aromatic N) is 3. The molecule has 0 bridgehead atoms. The molecular formula is C15H20Cl2N5O3S2+. The molecule has 0 radical (unpaired) electrons. The van der Waals surface area contributed by atoms with Crippen molar-refractivity contribution in [2.75, 3.05) is 24.6 Å². The zero-order valence-corrected chi connectivity index (χ0v) is 17.8. The van der Waals surface area contributed by atoms with Crippen molar-refractivity contribution in [2.24, 2.45) is 0 Å². The van der Waals surface area contributed by atoms with E-state index in [-0.39, 0.29) is 30.0 Å². The third-order valence-electron chi connectivity index (χ3n) is 4.48. The van der Waals surface area contributed by atoms with Crippen LogP contribution in [0, 0.1) is 4.77 Å². The third-order valence-corrected chi connectivity index (χ3v) is 7.14. The first-order chi connectivity index (χ1) is 12.7. The number of carbonyl (C=O) groups excluding carboxylic acids is 1. The number of amides is 1. The van der Waals surface area contributed by atoms with Gasteiger partial charge in [0.25, 0.3) is 5.91 Å². The summed E-state index contributed by atoms with van der Waals surface area (Å²) in [6, 6.07) is 1.29. The summed E-state index contributed by atoms with van der Waals surface area (Å²) in [7, 11) is -3.03. The molecule has 3 heterocycles. The Kier molecular flexibility index (Phi) is 6.11. The summed E-state index contributed by atoms with van der Waals surface area (Å²) in [5, 5.41) is 8.07. The fourth-order valence-electron chi connectivity index (χ4n) is 3.07. The van der Waals surface area contributed by atoms with Gasteiger partial charge in [0.1, 0.15) is 0 Å². The van der Waals surface area contributed by atoms with Crippen LogP contribution in [0.15, 0.2) is 12.3 Å². The molecular weight excluding hydrogens is 433 g/mol. The van der Waals surface area contributed by atoms with Crippen LogP contribution < -0.4 is 10.2 Å². The van der Waals surface area contributed by atoms with Crippen molar-refractivity contribution in [2.45, 2.75) is 26.1 Å². The van der Waals surface area contributed by atoms with Crippen LogP contribution in [-0.4, -0.2) is 59.1 Å². The lowest BCUT2D eigenvalue weighted by Crippen LogP contribution is -3.12. The predicted molar refractivity (Wildman–Crippen MR) is 106 cm³/mol. The molecule has 1 aliphatic heterocycles. The van der Waals surface area contributed by atoms with Gasteiger partial charge in [-0.25, -0.2) is 8.42 Å². The molecule has 148 valence electrons. The van der Waals surface area contributed by atoms with Gasteiger partial charge in [-0.15, -0.1) is 5.10 Å². The summed E-state index contributed by atoms with van der Waals surface area (Å²) >= 11 is 17.6. The molecule has 2 aromatic heterocycles. The number of carbonyl (C=O) groups is 1. The summed E-state index contributed by atoms with van der Waals surface area (Å²) < 4.78 is 26.7. The van der Waals surface area contributed by atoms with Gasteiger partial charge in [0.2, 0.25) is 4.77 Å². The smallest absolute Gasteiger partial charge is 0.275 e. The molecule has 0 saturated carbocycles. The molecule has 12 heteroatoms. The van der Waals surface area contributed by atoms with Crippen molar-refractivity contribution in [1.29, 1.82) is 0 Å². The number of pyridine rings is 1. The lowest BCUT2D eigenvalue weighted by Gasteiger charge is -2.18. The zero-order valence-electron chi connectivity index (χ0n) is 14.6. The van der Waals surface area contributed by atoms with Crippen LogP contribution in [-0.2, 0) is 21.3 Å². The largest absolute Gasteiger partial charge is 0.347 e. The molecule has 1 unspecified atom stereocenters.